The maximum absolute atomic E-state index is 2.62. The second-order valence-corrected chi connectivity index (χ2v) is 12.9. The lowest BCUT2D eigenvalue weighted by atomic mass is 9.69. The minimum Gasteiger partial charge on any atom is -0.0858 e. The van der Waals surface area contributed by atoms with Crippen molar-refractivity contribution in [1.82, 2.24) is 0 Å². The van der Waals surface area contributed by atoms with Gasteiger partial charge in [-0.1, -0.05) is 81.6 Å². The van der Waals surface area contributed by atoms with Crippen LogP contribution in [0.4, 0.5) is 0 Å². The van der Waals surface area contributed by atoms with Gasteiger partial charge in [-0.2, -0.15) is 0 Å². The minimum absolute atomic E-state index is 0.467. The molecular formula is C12H21I3. The zero-order chi connectivity index (χ0) is 11.7. The van der Waals surface area contributed by atoms with Crippen LogP contribution in [0.2, 0.25) is 0 Å². The Morgan fingerprint density at radius 3 is 1.67 bits per heavy atom. The fourth-order valence-electron chi connectivity index (χ4n) is 2.49. The van der Waals surface area contributed by atoms with Crippen LogP contribution in [0.15, 0.2) is 0 Å². The van der Waals surface area contributed by atoms with Gasteiger partial charge in [0.15, 0.2) is 0 Å². The summed E-state index contributed by atoms with van der Waals surface area (Å²) in [6, 6.07) is 0. The molecular weight excluding hydrogens is 525 g/mol. The third-order valence-corrected chi connectivity index (χ3v) is 7.62. The molecule has 0 aromatic heterocycles. The van der Waals surface area contributed by atoms with Gasteiger partial charge in [0.05, 0.1) is 1.43 Å². The van der Waals surface area contributed by atoms with Crippen molar-refractivity contribution in [2.24, 2.45) is 17.3 Å². The van der Waals surface area contributed by atoms with Gasteiger partial charge in [0, 0.05) is 4.43 Å². The van der Waals surface area contributed by atoms with Crippen LogP contribution < -0.4 is 0 Å². The third-order valence-electron chi connectivity index (χ3n) is 3.89. The first-order chi connectivity index (χ1) is 6.77. The molecule has 1 fully saturated rings. The van der Waals surface area contributed by atoms with Crippen molar-refractivity contribution in [3.05, 3.63) is 0 Å². The van der Waals surface area contributed by atoms with Crippen molar-refractivity contribution in [2.45, 2.75) is 47.9 Å². The van der Waals surface area contributed by atoms with Crippen molar-refractivity contribution in [1.29, 1.82) is 0 Å². The predicted molar refractivity (Wildman–Crippen MR) is 94.6 cm³/mol. The molecule has 1 aliphatic rings. The topological polar surface area (TPSA) is 0 Å². The highest BCUT2D eigenvalue weighted by molar-refractivity contribution is 14.2. The maximum Gasteiger partial charge on any atom is 0.0734 e. The zero-order valence-electron chi connectivity index (χ0n) is 9.82. The van der Waals surface area contributed by atoms with Gasteiger partial charge in [0.1, 0.15) is 0 Å². The molecule has 90 valence electrons. The van der Waals surface area contributed by atoms with Gasteiger partial charge in [-0.15, -0.1) is 0 Å². The summed E-state index contributed by atoms with van der Waals surface area (Å²) in [6.45, 7) is 7.26. The molecule has 1 aliphatic carbocycles. The smallest absolute Gasteiger partial charge is 0.0734 e. The third kappa shape index (κ3) is 4.41. The van der Waals surface area contributed by atoms with E-state index in [0.717, 1.165) is 11.8 Å². The largest absolute Gasteiger partial charge is 0.0858 e. The number of rotatable bonds is 3. The summed E-state index contributed by atoms with van der Waals surface area (Å²) in [5, 5.41) is 0. The lowest BCUT2D eigenvalue weighted by Crippen LogP contribution is -2.33. The molecule has 1 rings (SSSR count). The van der Waals surface area contributed by atoms with E-state index in [1.807, 2.05) is 0 Å². The van der Waals surface area contributed by atoms with Gasteiger partial charge in [-0.05, 0) is 49.9 Å². The van der Waals surface area contributed by atoms with E-state index >= 15 is 0 Å². The predicted octanol–water partition coefficient (Wildman–Crippen LogP) is 5.84. The van der Waals surface area contributed by atoms with E-state index in [1.165, 1.54) is 30.1 Å². The number of alkyl halides is 3. The first-order valence-corrected chi connectivity index (χ1v) is 9.39. The molecule has 0 nitrogen and oxygen atoms in total. The fraction of sp³-hybridized carbons (Fsp3) is 1.00. The Morgan fingerprint density at radius 2 is 1.33 bits per heavy atom. The second kappa shape index (κ2) is 5.89. The quantitative estimate of drug-likeness (QED) is 0.309. The van der Waals surface area contributed by atoms with Gasteiger partial charge in [0.2, 0.25) is 0 Å². The molecule has 0 aliphatic heterocycles. The Morgan fingerprint density at radius 1 is 0.933 bits per heavy atom. The van der Waals surface area contributed by atoms with Crippen LogP contribution in [0, 0.1) is 17.3 Å². The number of hydrogen-bond donors (Lipinski definition) is 0. The van der Waals surface area contributed by atoms with Gasteiger partial charge in [-0.3, -0.25) is 0 Å². The van der Waals surface area contributed by atoms with Crippen LogP contribution in [-0.2, 0) is 0 Å². The van der Waals surface area contributed by atoms with Crippen LogP contribution in [0.3, 0.4) is 0 Å². The van der Waals surface area contributed by atoms with Gasteiger partial charge >= 0.3 is 0 Å². The van der Waals surface area contributed by atoms with E-state index in [4.69, 9.17) is 0 Å². The Kier molecular flexibility index (Phi) is 5.98. The molecule has 1 saturated carbocycles. The molecule has 0 N–H and O–H groups in total. The minimum atomic E-state index is 0.467. The second-order valence-electron chi connectivity index (χ2n) is 5.63. The van der Waals surface area contributed by atoms with Crippen molar-refractivity contribution in [3.63, 3.8) is 0 Å². The average Bonchev–Trinajstić information content (AvgIpc) is 2.17. The molecule has 0 aromatic rings. The SMILES string of the molecule is CC(I)(I)C1CCC(C(C)(C)CI)CC1. The normalized spacial score (nSPS) is 29.2. The summed E-state index contributed by atoms with van der Waals surface area (Å²) in [4.78, 5) is 0. The molecule has 15 heavy (non-hydrogen) atoms. The summed E-state index contributed by atoms with van der Waals surface area (Å²) in [5.74, 6) is 1.89. The van der Waals surface area contributed by atoms with Crippen LogP contribution in [0.25, 0.3) is 0 Å². The van der Waals surface area contributed by atoms with Crippen LogP contribution >= 0.6 is 67.8 Å². The number of hydrogen-bond acceptors (Lipinski definition) is 0. The zero-order valence-corrected chi connectivity index (χ0v) is 16.3. The highest BCUT2D eigenvalue weighted by Gasteiger charge is 2.37. The summed E-state index contributed by atoms with van der Waals surface area (Å²) in [6.07, 6.45) is 5.77. The Bertz CT molecular complexity index is 197. The van der Waals surface area contributed by atoms with E-state index in [9.17, 15) is 0 Å². The maximum atomic E-state index is 2.62. The van der Waals surface area contributed by atoms with E-state index in [1.54, 1.807) is 0 Å². The van der Waals surface area contributed by atoms with Gasteiger partial charge in [-0.25, -0.2) is 0 Å². The Balaban J connectivity index is 2.50. The lowest BCUT2D eigenvalue weighted by molar-refractivity contribution is 0.157. The monoisotopic (exact) mass is 546 g/mol. The highest BCUT2D eigenvalue weighted by Crippen LogP contribution is 2.48. The first-order valence-electron chi connectivity index (χ1n) is 5.71. The summed E-state index contributed by atoms with van der Waals surface area (Å²) in [7, 11) is 0. The molecule has 0 radical (unpaired) electrons. The lowest BCUT2D eigenvalue weighted by Gasteiger charge is -2.41. The van der Waals surface area contributed by atoms with Crippen LogP contribution in [0.1, 0.15) is 46.5 Å². The molecule has 0 bridgehead atoms. The summed E-state index contributed by atoms with van der Waals surface area (Å²) in [5.41, 5.74) is 0.554. The number of halogens is 3. The standard InChI is InChI=1S/C12H21I3/c1-11(2,8-13)9-4-6-10(7-5-9)12(3,14)15/h9-10H,4-8H2,1-3H3. The first kappa shape index (κ1) is 15.2. The van der Waals surface area contributed by atoms with Gasteiger partial charge in [0.25, 0.3) is 0 Å². The van der Waals surface area contributed by atoms with Crippen LogP contribution in [0.5, 0.6) is 0 Å². The molecule has 0 amide bonds. The van der Waals surface area contributed by atoms with E-state index in [0.29, 0.717) is 6.84 Å². The van der Waals surface area contributed by atoms with Crippen molar-refractivity contribution >= 4 is 67.8 Å². The molecule has 3 heteroatoms. The summed E-state index contributed by atoms with van der Waals surface area (Å²) < 4.78 is 1.76. The van der Waals surface area contributed by atoms with Crippen molar-refractivity contribution in [2.75, 3.05) is 4.43 Å². The molecule has 0 saturated heterocycles. The molecule has 0 heterocycles. The Labute approximate surface area is 136 Å². The van der Waals surface area contributed by atoms with E-state index in [2.05, 4.69) is 88.5 Å². The highest BCUT2D eigenvalue weighted by atomic mass is 127. The molecule has 0 unspecified atom stereocenters. The molecule has 0 aromatic carbocycles. The van der Waals surface area contributed by atoms with Crippen LogP contribution in [-0.4, -0.2) is 5.86 Å². The van der Waals surface area contributed by atoms with Crippen molar-refractivity contribution < 1.29 is 0 Å². The molecule has 0 spiro atoms. The van der Waals surface area contributed by atoms with E-state index < -0.39 is 0 Å². The summed E-state index contributed by atoms with van der Waals surface area (Å²) >= 11 is 7.79. The van der Waals surface area contributed by atoms with Crippen molar-refractivity contribution in [3.8, 4) is 0 Å². The van der Waals surface area contributed by atoms with E-state index in [-0.39, 0.29) is 0 Å². The average molecular weight is 546 g/mol. The Hall–Kier alpha value is 2.19. The fourth-order valence-corrected chi connectivity index (χ4v) is 4.36. The molecule has 0 atom stereocenters. The van der Waals surface area contributed by atoms with Gasteiger partial charge < -0.3 is 0 Å².